The van der Waals surface area contributed by atoms with Crippen LogP contribution in [-0.4, -0.2) is 54.4 Å². The van der Waals surface area contributed by atoms with Gasteiger partial charge in [-0.05, 0) is 37.0 Å². The summed E-state index contributed by atoms with van der Waals surface area (Å²) in [5, 5.41) is 10.2. The van der Waals surface area contributed by atoms with E-state index in [1.165, 1.54) is 0 Å². The van der Waals surface area contributed by atoms with E-state index in [2.05, 4.69) is 6.92 Å². The molecule has 138 valence electrons. The molecule has 0 spiro atoms. The summed E-state index contributed by atoms with van der Waals surface area (Å²) in [4.78, 5) is 14.8. The van der Waals surface area contributed by atoms with E-state index in [-0.39, 0.29) is 24.0 Å². The van der Waals surface area contributed by atoms with Gasteiger partial charge in [0, 0.05) is 12.5 Å². The SMILES string of the molecule is CCCOc1cccc(CC(=O)N2CCOC[C@@H]2[C@@H]2CCC[C@@H]2O)c1. The van der Waals surface area contributed by atoms with Gasteiger partial charge in [0.2, 0.25) is 5.91 Å². The van der Waals surface area contributed by atoms with Gasteiger partial charge in [0.15, 0.2) is 0 Å². The first-order valence-electron chi connectivity index (χ1n) is 9.46. The molecule has 1 heterocycles. The Morgan fingerprint density at radius 1 is 1.40 bits per heavy atom. The quantitative estimate of drug-likeness (QED) is 0.858. The zero-order valence-corrected chi connectivity index (χ0v) is 15.0. The minimum absolute atomic E-state index is 0.00160. The molecule has 0 aromatic heterocycles. The molecular formula is C20H29NO4. The smallest absolute Gasteiger partial charge is 0.227 e. The number of carbonyl (C=O) groups excluding carboxylic acids is 1. The largest absolute Gasteiger partial charge is 0.494 e. The molecule has 2 aliphatic rings. The lowest BCUT2D eigenvalue weighted by atomic mass is 9.93. The van der Waals surface area contributed by atoms with Crippen molar-refractivity contribution in [1.82, 2.24) is 4.90 Å². The van der Waals surface area contributed by atoms with E-state index in [1.807, 2.05) is 29.2 Å². The van der Waals surface area contributed by atoms with Gasteiger partial charge in [-0.15, -0.1) is 0 Å². The first-order chi connectivity index (χ1) is 12.2. The number of aliphatic hydroxyl groups is 1. The summed E-state index contributed by atoms with van der Waals surface area (Å²) in [6, 6.07) is 7.78. The molecule has 1 saturated carbocycles. The monoisotopic (exact) mass is 347 g/mol. The molecule has 5 heteroatoms. The van der Waals surface area contributed by atoms with Crippen molar-refractivity contribution in [3.8, 4) is 5.75 Å². The van der Waals surface area contributed by atoms with Gasteiger partial charge in [-0.3, -0.25) is 4.79 Å². The molecule has 2 fully saturated rings. The maximum atomic E-state index is 12.9. The van der Waals surface area contributed by atoms with E-state index in [1.54, 1.807) is 0 Å². The molecule has 1 aromatic carbocycles. The third-order valence-electron chi connectivity index (χ3n) is 5.24. The van der Waals surface area contributed by atoms with Crippen LogP contribution in [0.1, 0.15) is 38.2 Å². The average molecular weight is 347 g/mol. The van der Waals surface area contributed by atoms with Crippen LogP contribution in [-0.2, 0) is 16.0 Å². The molecule has 1 amide bonds. The number of rotatable bonds is 6. The molecule has 25 heavy (non-hydrogen) atoms. The number of carbonyl (C=O) groups is 1. The van der Waals surface area contributed by atoms with Crippen LogP contribution in [0.5, 0.6) is 5.75 Å². The molecule has 5 nitrogen and oxygen atoms in total. The number of hydrogen-bond acceptors (Lipinski definition) is 4. The van der Waals surface area contributed by atoms with Crippen molar-refractivity contribution in [3.63, 3.8) is 0 Å². The molecule has 3 atom stereocenters. The van der Waals surface area contributed by atoms with Crippen molar-refractivity contribution in [1.29, 1.82) is 0 Å². The highest BCUT2D eigenvalue weighted by atomic mass is 16.5. The van der Waals surface area contributed by atoms with E-state index in [9.17, 15) is 9.90 Å². The summed E-state index contributed by atoms with van der Waals surface area (Å²) in [6.45, 7) is 4.47. The summed E-state index contributed by atoms with van der Waals surface area (Å²) in [5.41, 5.74) is 0.968. The summed E-state index contributed by atoms with van der Waals surface area (Å²) in [7, 11) is 0. The Morgan fingerprint density at radius 3 is 3.04 bits per heavy atom. The minimum atomic E-state index is -0.312. The van der Waals surface area contributed by atoms with Crippen LogP contribution < -0.4 is 4.74 Å². The molecule has 3 rings (SSSR count). The zero-order valence-electron chi connectivity index (χ0n) is 15.0. The predicted octanol–water partition coefficient (Wildman–Crippen LogP) is 2.41. The van der Waals surface area contributed by atoms with E-state index >= 15 is 0 Å². The second-order valence-electron chi connectivity index (χ2n) is 7.06. The molecule has 1 aliphatic heterocycles. The van der Waals surface area contributed by atoms with E-state index in [4.69, 9.17) is 9.47 Å². The summed E-state index contributed by atoms with van der Waals surface area (Å²) < 4.78 is 11.3. The average Bonchev–Trinajstić information content (AvgIpc) is 3.06. The van der Waals surface area contributed by atoms with Crippen molar-refractivity contribution in [2.75, 3.05) is 26.4 Å². The summed E-state index contributed by atoms with van der Waals surface area (Å²) in [5.74, 6) is 1.07. The van der Waals surface area contributed by atoms with Crippen molar-refractivity contribution in [3.05, 3.63) is 29.8 Å². The standard InChI is InChI=1S/C20H29NO4/c1-2-10-25-16-6-3-5-15(12-16)13-20(23)21-9-11-24-14-18(21)17-7-4-8-19(17)22/h3,5-6,12,17-19,22H,2,4,7-11,13-14H2,1H3/t17-,18+,19-/m0/s1. The van der Waals surface area contributed by atoms with Crippen LogP contribution in [0, 0.1) is 5.92 Å². The second kappa shape index (κ2) is 8.68. The Bertz CT molecular complexity index is 577. The maximum Gasteiger partial charge on any atom is 0.227 e. The van der Waals surface area contributed by atoms with Crippen molar-refractivity contribution >= 4 is 5.91 Å². The Morgan fingerprint density at radius 2 is 2.28 bits per heavy atom. The second-order valence-corrected chi connectivity index (χ2v) is 7.06. The van der Waals surface area contributed by atoms with Gasteiger partial charge in [-0.1, -0.05) is 25.5 Å². The van der Waals surface area contributed by atoms with Crippen LogP contribution in [0.25, 0.3) is 0 Å². The third-order valence-corrected chi connectivity index (χ3v) is 5.24. The molecule has 1 aromatic rings. The fourth-order valence-corrected chi connectivity index (χ4v) is 3.95. The Hall–Kier alpha value is -1.59. The fraction of sp³-hybridized carbons (Fsp3) is 0.650. The lowest BCUT2D eigenvalue weighted by molar-refractivity contribution is -0.143. The minimum Gasteiger partial charge on any atom is -0.494 e. The van der Waals surface area contributed by atoms with Crippen LogP contribution in [0.2, 0.25) is 0 Å². The lowest BCUT2D eigenvalue weighted by Crippen LogP contribution is -2.54. The van der Waals surface area contributed by atoms with Crippen molar-refractivity contribution in [2.24, 2.45) is 5.92 Å². The molecular weight excluding hydrogens is 318 g/mol. The van der Waals surface area contributed by atoms with E-state index < -0.39 is 0 Å². The van der Waals surface area contributed by atoms with E-state index in [0.717, 1.165) is 37.0 Å². The first kappa shape index (κ1) is 18.2. The van der Waals surface area contributed by atoms with Gasteiger partial charge in [0.05, 0.1) is 38.4 Å². The molecule has 0 radical (unpaired) electrons. The van der Waals surface area contributed by atoms with Gasteiger partial charge < -0.3 is 19.5 Å². The number of morpholine rings is 1. The zero-order chi connectivity index (χ0) is 17.6. The highest BCUT2D eigenvalue weighted by molar-refractivity contribution is 5.79. The molecule has 1 N–H and O–H groups in total. The van der Waals surface area contributed by atoms with Crippen LogP contribution in [0.3, 0.4) is 0 Å². The highest BCUT2D eigenvalue weighted by Crippen LogP contribution is 2.32. The predicted molar refractivity (Wildman–Crippen MR) is 95.6 cm³/mol. The van der Waals surface area contributed by atoms with Crippen LogP contribution in [0.4, 0.5) is 0 Å². The Kier molecular flexibility index (Phi) is 6.32. The van der Waals surface area contributed by atoms with Crippen LogP contribution >= 0.6 is 0 Å². The molecule has 1 aliphatic carbocycles. The number of amides is 1. The van der Waals surface area contributed by atoms with Crippen molar-refractivity contribution in [2.45, 2.75) is 51.2 Å². The number of aliphatic hydroxyl groups excluding tert-OH is 1. The van der Waals surface area contributed by atoms with Gasteiger partial charge in [0.1, 0.15) is 5.75 Å². The topological polar surface area (TPSA) is 59.0 Å². The molecule has 0 bridgehead atoms. The number of nitrogens with zero attached hydrogens (tertiary/aromatic N) is 1. The molecule has 1 saturated heterocycles. The number of benzene rings is 1. The van der Waals surface area contributed by atoms with Gasteiger partial charge in [-0.2, -0.15) is 0 Å². The Balaban J connectivity index is 1.66. The van der Waals surface area contributed by atoms with Gasteiger partial charge >= 0.3 is 0 Å². The lowest BCUT2D eigenvalue weighted by Gasteiger charge is -2.40. The first-order valence-corrected chi connectivity index (χ1v) is 9.46. The maximum absolute atomic E-state index is 12.9. The van der Waals surface area contributed by atoms with Crippen molar-refractivity contribution < 1.29 is 19.4 Å². The summed E-state index contributed by atoms with van der Waals surface area (Å²) in [6.07, 6.45) is 3.85. The fourth-order valence-electron chi connectivity index (χ4n) is 3.95. The van der Waals surface area contributed by atoms with Gasteiger partial charge in [0.25, 0.3) is 0 Å². The normalized spacial score (nSPS) is 26.6. The third kappa shape index (κ3) is 4.53. The number of hydrogen-bond donors (Lipinski definition) is 1. The summed E-state index contributed by atoms with van der Waals surface area (Å²) >= 11 is 0. The molecule has 0 unspecified atom stereocenters. The van der Waals surface area contributed by atoms with E-state index in [0.29, 0.717) is 32.8 Å². The van der Waals surface area contributed by atoms with Gasteiger partial charge in [-0.25, -0.2) is 0 Å². The highest BCUT2D eigenvalue weighted by Gasteiger charge is 2.39. The number of ether oxygens (including phenoxy) is 2. The Labute approximate surface area is 149 Å². The van der Waals surface area contributed by atoms with Crippen LogP contribution in [0.15, 0.2) is 24.3 Å².